The van der Waals surface area contributed by atoms with E-state index in [4.69, 9.17) is 4.84 Å². The van der Waals surface area contributed by atoms with Crippen LogP contribution in [0.2, 0.25) is 0 Å². The van der Waals surface area contributed by atoms with Crippen LogP contribution < -0.4 is 11.0 Å². The van der Waals surface area contributed by atoms with Crippen LogP contribution >= 0.6 is 0 Å². The van der Waals surface area contributed by atoms with Crippen LogP contribution in [0.5, 0.6) is 0 Å². The molecule has 1 aliphatic heterocycles. The second-order valence-electron chi connectivity index (χ2n) is 3.43. The van der Waals surface area contributed by atoms with E-state index in [0.29, 0.717) is 18.4 Å². The molecular weight excluding hydrogens is 194 g/mol. The molecule has 2 heterocycles. The number of aromatic amines is 1. The van der Waals surface area contributed by atoms with Gasteiger partial charge in [-0.15, -0.1) is 0 Å². The zero-order valence-corrected chi connectivity index (χ0v) is 7.91. The summed E-state index contributed by atoms with van der Waals surface area (Å²) >= 11 is 0. The van der Waals surface area contributed by atoms with Gasteiger partial charge in [0.15, 0.2) is 0 Å². The standard InChI is InChI=1S/C10H9N3O2/c14-10-6-2-1-3-8-9(6)7(11-12-10)4-5-15-13-8/h1-3,13H,4-5H2,(H,12,14). The third kappa shape index (κ3) is 1.20. The molecule has 0 fully saturated rings. The Hall–Kier alpha value is -1.88. The first-order valence-corrected chi connectivity index (χ1v) is 4.74. The summed E-state index contributed by atoms with van der Waals surface area (Å²) in [6, 6.07) is 5.48. The predicted molar refractivity (Wildman–Crippen MR) is 55.6 cm³/mol. The molecule has 15 heavy (non-hydrogen) atoms. The van der Waals surface area contributed by atoms with E-state index in [2.05, 4.69) is 15.7 Å². The SMILES string of the molecule is O=c1[nH]nc2c3c(cccc13)NOCC2. The van der Waals surface area contributed by atoms with Crippen LogP contribution in [0.4, 0.5) is 5.69 Å². The first kappa shape index (κ1) is 8.43. The Kier molecular flexibility index (Phi) is 1.72. The molecule has 76 valence electrons. The summed E-state index contributed by atoms with van der Waals surface area (Å²) in [6.45, 7) is 0.544. The van der Waals surface area contributed by atoms with Crippen LogP contribution in [0.25, 0.3) is 10.8 Å². The van der Waals surface area contributed by atoms with E-state index in [1.165, 1.54) is 0 Å². The van der Waals surface area contributed by atoms with E-state index in [0.717, 1.165) is 16.8 Å². The Balaban J connectivity index is 2.49. The maximum Gasteiger partial charge on any atom is 0.272 e. The summed E-state index contributed by atoms with van der Waals surface area (Å²) < 4.78 is 0. The van der Waals surface area contributed by atoms with E-state index in [9.17, 15) is 4.79 Å². The van der Waals surface area contributed by atoms with E-state index in [1.54, 1.807) is 6.07 Å². The maximum atomic E-state index is 11.5. The number of nitrogens with zero attached hydrogens (tertiary/aromatic N) is 1. The summed E-state index contributed by atoms with van der Waals surface area (Å²) in [4.78, 5) is 16.7. The highest BCUT2D eigenvalue weighted by molar-refractivity contribution is 5.94. The molecule has 5 heteroatoms. The molecule has 0 saturated carbocycles. The number of hydrogen-bond acceptors (Lipinski definition) is 4. The number of hydrogen-bond donors (Lipinski definition) is 2. The Bertz CT molecular complexity index is 564. The molecule has 0 saturated heterocycles. The lowest BCUT2D eigenvalue weighted by atomic mass is 10.1. The molecule has 1 aromatic carbocycles. The molecule has 1 aliphatic rings. The highest BCUT2D eigenvalue weighted by Crippen LogP contribution is 2.25. The first-order chi connectivity index (χ1) is 7.36. The minimum absolute atomic E-state index is 0.167. The summed E-state index contributed by atoms with van der Waals surface area (Å²) in [6.07, 6.45) is 0.692. The number of nitrogens with one attached hydrogen (secondary N) is 2. The van der Waals surface area contributed by atoms with E-state index >= 15 is 0 Å². The van der Waals surface area contributed by atoms with Crippen LogP contribution in [0.3, 0.4) is 0 Å². The molecular formula is C10H9N3O2. The van der Waals surface area contributed by atoms with Crippen LogP contribution in [0, 0.1) is 0 Å². The lowest BCUT2D eigenvalue weighted by Crippen LogP contribution is -2.11. The Morgan fingerprint density at radius 3 is 3.27 bits per heavy atom. The van der Waals surface area contributed by atoms with Crippen molar-refractivity contribution in [3.63, 3.8) is 0 Å². The van der Waals surface area contributed by atoms with Crippen molar-refractivity contribution in [3.8, 4) is 0 Å². The van der Waals surface area contributed by atoms with Crippen LogP contribution in [-0.4, -0.2) is 16.8 Å². The van der Waals surface area contributed by atoms with Gasteiger partial charge in [-0.1, -0.05) is 6.07 Å². The van der Waals surface area contributed by atoms with Gasteiger partial charge < -0.3 is 0 Å². The summed E-state index contributed by atoms with van der Waals surface area (Å²) in [5.74, 6) is 0. The van der Waals surface area contributed by atoms with Gasteiger partial charge >= 0.3 is 0 Å². The fourth-order valence-electron chi connectivity index (χ4n) is 1.83. The second kappa shape index (κ2) is 3.06. The third-order valence-corrected chi connectivity index (χ3v) is 2.51. The van der Waals surface area contributed by atoms with Gasteiger partial charge in [-0.05, 0) is 12.1 Å². The number of anilines is 1. The lowest BCUT2D eigenvalue weighted by Gasteiger charge is -2.05. The zero-order valence-electron chi connectivity index (χ0n) is 7.91. The minimum Gasteiger partial charge on any atom is -0.276 e. The van der Waals surface area contributed by atoms with E-state index in [1.807, 2.05) is 12.1 Å². The van der Waals surface area contributed by atoms with Gasteiger partial charge in [0.2, 0.25) is 0 Å². The van der Waals surface area contributed by atoms with Crippen molar-refractivity contribution in [2.24, 2.45) is 0 Å². The van der Waals surface area contributed by atoms with Gasteiger partial charge in [-0.3, -0.25) is 15.1 Å². The molecule has 0 unspecified atom stereocenters. The fourth-order valence-corrected chi connectivity index (χ4v) is 1.83. The van der Waals surface area contributed by atoms with Crippen molar-refractivity contribution in [3.05, 3.63) is 34.2 Å². The normalized spacial score (nSPS) is 14.7. The van der Waals surface area contributed by atoms with E-state index < -0.39 is 0 Å². The van der Waals surface area contributed by atoms with Gasteiger partial charge in [0.05, 0.1) is 23.4 Å². The molecule has 0 amide bonds. The average molecular weight is 203 g/mol. The van der Waals surface area contributed by atoms with Gasteiger partial charge in [0, 0.05) is 11.8 Å². The van der Waals surface area contributed by atoms with Gasteiger partial charge in [-0.2, -0.15) is 5.10 Å². The topological polar surface area (TPSA) is 67.0 Å². The van der Waals surface area contributed by atoms with Crippen LogP contribution in [0.1, 0.15) is 5.69 Å². The van der Waals surface area contributed by atoms with Crippen molar-refractivity contribution in [2.75, 3.05) is 12.1 Å². The quantitative estimate of drug-likeness (QED) is 0.665. The molecule has 0 bridgehead atoms. The third-order valence-electron chi connectivity index (χ3n) is 2.51. The molecule has 2 aromatic rings. The summed E-state index contributed by atoms with van der Waals surface area (Å²) in [5, 5.41) is 8.04. The molecule has 1 aromatic heterocycles. The minimum atomic E-state index is -0.167. The summed E-state index contributed by atoms with van der Waals surface area (Å²) in [7, 11) is 0. The second-order valence-corrected chi connectivity index (χ2v) is 3.43. The lowest BCUT2D eigenvalue weighted by molar-refractivity contribution is 0.199. The highest BCUT2D eigenvalue weighted by Gasteiger charge is 2.13. The van der Waals surface area contributed by atoms with Crippen molar-refractivity contribution < 1.29 is 4.84 Å². The molecule has 2 N–H and O–H groups in total. The zero-order chi connectivity index (χ0) is 10.3. The Labute approximate surface area is 85.0 Å². The monoisotopic (exact) mass is 203 g/mol. The van der Waals surface area contributed by atoms with Crippen LogP contribution in [-0.2, 0) is 11.3 Å². The van der Waals surface area contributed by atoms with Crippen LogP contribution in [0.15, 0.2) is 23.0 Å². The predicted octanol–water partition coefficient (Wildman–Crippen LogP) is 0.823. The maximum absolute atomic E-state index is 11.5. The van der Waals surface area contributed by atoms with E-state index in [-0.39, 0.29) is 5.56 Å². The van der Waals surface area contributed by atoms with Gasteiger partial charge in [-0.25, -0.2) is 5.10 Å². The highest BCUT2D eigenvalue weighted by atomic mass is 16.6. The van der Waals surface area contributed by atoms with Gasteiger partial charge in [0.1, 0.15) is 0 Å². The van der Waals surface area contributed by atoms with Crippen molar-refractivity contribution in [2.45, 2.75) is 6.42 Å². The molecule has 3 rings (SSSR count). The Morgan fingerprint density at radius 1 is 1.40 bits per heavy atom. The van der Waals surface area contributed by atoms with Crippen molar-refractivity contribution in [1.82, 2.24) is 10.2 Å². The smallest absolute Gasteiger partial charge is 0.272 e. The number of benzene rings is 1. The molecule has 0 aliphatic carbocycles. The molecule has 0 spiro atoms. The van der Waals surface area contributed by atoms with Crippen molar-refractivity contribution in [1.29, 1.82) is 0 Å². The number of H-pyrrole nitrogens is 1. The molecule has 5 nitrogen and oxygen atoms in total. The largest absolute Gasteiger partial charge is 0.276 e. The number of rotatable bonds is 0. The van der Waals surface area contributed by atoms with Gasteiger partial charge in [0.25, 0.3) is 5.56 Å². The first-order valence-electron chi connectivity index (χ1n) is 4.74. The molecule has 0 atom stereocenters. The number of aromatic nitrogens is 2. The van der Waals surface area contributed by atoms with Crippen molar-refractivity contribution >= 4 is 16.5 Å². The fraction of sp³-hybridized carbons (Fsp3) is 0.200. The molecule has 0 radical (unpaired) electrons. The summed E-state index contributed by atoms with van der Waals surface area (Å²) in [5.41, 5.74) is 4.33. The Morgan fingerprint density at radius 2 is 2.33 bits per heavy atom. The average Bonchev–Trinajstić information content (AvgIpc) is 2.47.